The zero-order valence-corrected chi connectivity index (χ0v) is 8.96. The van der Waals surface area contributed by atoms with Crippen LogP contribution in [-0.4, -0.2) is 18.1 Å². The van der Waals surface area contributed by atoms with Crippen LogP contribution in [0.3, 0.4) is 0 Å². The third-order valence-electron chi connectivity index (χ3n) is 2.14. The monoisotopic (exact) mass is 230 g/mol. The molecule has 0 bridgehead atoms. The van der Waals surface area contributed by atoms with E-state index < -0.39 is 12.4 Å². The van der Waals surface area contributed by atoms with E-state index in [1.54, 1.807) is 0 Å². The van der Waals surface area contributed by atoms with Crippen molar-refractivity contribution in [1.29, 1.82) is 0 Å². The minimum atomic E-state index is -2.69. The second-order valence-electron chi connectivity index (χ2n) is 3.26. The van der Waals surface area contributed by atoms with Crippen LogP contribution in [0.25, 0.3) is 0 Å². The van der Waals surface area contributed by atoms with Gasteiger partial charge in [0.05, 0.1) is 13.5 Å². The lowest BCUT2D eigenvalue weighted by atomic mass is 10.0. The maximum atomic E-state index is 12.7. The summed E-state index contributed by atoms with van der Waals surface area (Å²) < 4.78 is 29.9. The molecule has 2 N–H and O–H groups in total. The minimum absolute atomic E-state index is 0.112. The van der Waals surface area contributed by atoms with E-state index in [-0.39, 0.29) is 29.1 Å². The van der Waals surface area contributed by atoms with Crippen molar-refractivity contribution in [1.82, 2.24) is 4.98 Å². The maximum Gasteiger partial charge on any atom is 0.309 e. The molecule has 0 saturated heterocycles. The average Bonchev–Trinajstić information content (AvgIpc) is 2.15. The molecule has 0 unspecified atom stereocenters. The van der Waals surface area contributed by atoms with Crippen molar-refractivity contribution in [2.45, 2.75) is 19.8 Å². The summed E-state index contributed by atoms with van der Waals surface area (Å²) in [5.41, 5.74) is 5.48. The number of aryl methyl sites for hydroxylation is 1. The summed E-state index contributed by atoms with van der Waals surface area (Å²) in [4.78, 5) is 14.8. The Kier molecular flexibility index (Phi) is 3.76. The highest BCUT2D eigenvalue weighted by atomic mass is 19.3. The van der Waals surface area contributed by atoms with Crippen LogP contribution in [0, 0.1) is 6.92 Å². The number of hydrogen-bond donors (Lipinski definition) is 1. The van der Waals surface area contributed by atoms with Gasteiger partial charge in [0.15, 0.2) is 0 Å². The Balaban J connectivity index is 3.18. The number of carbonyl (C=O) groups is 1. The van der Waals surface area contributed by atoms with Gasteiger partial charge in [-0.3, -0.25) is 4.79 Å². The van der Waals surface area contributed by atoms with Crippen LogP contribution in [0.1, 0.15) is 23.2 Å². The molecule has 6 heteroatoms. The van der Waals surface area contributed by atoms with Crippen molar-refractivity contribution < 1.29 is 18.3 Å². The normalized spacial score (nSPS) is 10.6. The summed E-state index contributed by atoms with van der Waals surface area (Å²) in [5, 5.41) is 0. The first-order chi connectivity index (χ1) is 7.45. The Bertz CT molecular complexity index is 408. The standard InChI is InChI=1S/C10H12F2N2O2/c1-5-9(10(11)12)6(3-7(13)14-5)4-8(15)16-2/h3,10H,4H2,1-2H3,(H2,13,14). The fraction of sp³-hybridized carbons (Fsp3) is 0.400. The van der Waals surface area contributed by atoms with E-state index in [0.29, 0.717) is 0 Å². The lowest BCUT2D eigenvalue weighted by Crippen LogP contribution is -2.10. The van der Waals surface area contributed by atoms with Gasteiger partial charge in [-0.15, -0.1) is 0 Å². The molecular formula is C10H12F2N2O2. The van der Waals surface area contributed by atoms with Gasteiger partial charge in [-0.25, -0.2) is 13.8 Å². The number of anilines is 1. The number of pyridine rings is 1. The number of hydrogen-bond acceptors (Lipinski definition) is 4. The molecule has 0 aromatic carbocycles. The third-order valence-corrected chi connectivity index (χ3v) is 2.14. The van der Waals surface area contributed by atoms with Crippen LogP contribution < -0.4 is 5.73 Å². The first-order valence-electron chi connectivity index (χ1n) is 4.56. The number of halogens is 2. The quantitative estimate of drug-likeness (QED) is 0.801. The van der Waals surface area contributed by atoms with Crippen molar-refractivity contribution in [3.8, 4) is 0 Å². The Morgan fingerprint density at radius 1 is 1.62 bits per heavy atom. The molecule has 0 aliphatic carbocycles. The maximum absolute atomic E-state index is 12.7. The molecule has 1 heterocycles. The molecule has 4 nitrogen and oxygen atoms in total. The molecular weight excluding hydrogens is 218 g/mol. The van der Waals surface area contributed by atoms with Crippen LogP contribution >= 0.6 is 0 Å². The zero-order valence-electron chi connectivity index (χ0n) is 8.96. The highest BCUT2D eigenvalue weighted by molar-refractivity contribution is 5.73. The number of nitrogens with zero attached hydrogens (tertiary/aromatic N) is 1. The van der Waals surface area contributed by atoms with Gasteiger partial charge in [0.25, 0.3) is 6.43 Å². The highest BCUT2D eigenvalue weighted by Gasteiger charge is 2.19. The molecule has 1 rings (SSSR count). The van der Waals surface area contributed by atoms with E-state index in [9.17, 15) is 13.6 Å². The van der Waals surface area contributed by atoms with Crippen molar-refractivity contribution in [2.75, 3.05) is 12.8 Å². The number of methoxy groups -OCH3 is 1. The van der Waals surface area contributed by atoms with E-state index in [4.69, 9.17) is 5.73 Å². The lowest BCUT2D eigenvalue weighted by Gasteiger charge is -2.11. The molecule has 88 valence electrons. The topological polar surface area (TPSA) is 65.2 Å². The fourth-order valence-corrected chi connectivity index (χ4v) is 1.45. The van der Waals surface area contributed by atoms with E-state index in [1.807, 2.05) is 0 Å². The van der Waals surface area contributed by atoms with E-state index in [2.05, 4.69) is 9.72 Å². The second kappa shape index (κ2) is 4.87. The molecule has 0 radical (unpaired) electrons. The zero-order chi connectivity index (χ0) is 12.3. The molecule has 1 aromatic rings. The Morgan fingerprint density at radius 3 is 2.75 bits per heavy atom. The predicted molar refractivity (Wildman–Crippen MR) is 54.1 cm³/mol. The van der Waals surface area contributed by atoms with E-state index in [1.165, 1.54) is 20.1 Å². The Labute approximate surface area is 91.4 Å². The smallest absolute Gasteiger partial charge is 0.309 e. The summed E-state index contributed by atoms with van der Waals surface area (Å²) >= 11 is 0. The molecule has 0 spiro atoms. The largest absolute Gasteiger partial charge is 0.469 e. The summed E-state index contributed by atoms with van der Waals surface area (Å²) in [6, 6.07) is 1.27. The fourth-order valence-electron chi connectivity index (χ4n) is 1.45. The van der Waals surface area contributed by atoms with Crippen LogP contribution in [-0.2, 0) is 16.0 Å². The first-order valence-corrected chi connectivity index (χ1v) is 4.56. The Morgan fingerprint density at radius 2 is 2.25 bits per heavy atom. The highest BCUT2D eigenvalue weighted by Crippen LogP contribution is 2.27. The van der Waals surface area contributed by atoms with Gasteiger partial charge in [-0.2, -0.15) is 0 Å². The molecule has 0 saturated carbocycles. The van der Waals surface area contributed by atoms with Gasteiger partial charge in [-0.1, -0.05) is 0 Å². The van der Waals surface area contributed by atoms with Crippen LogP contribution in [0.15, 0.2) is 6.07 Å². The van der Waals surface area contributed by atoms with E-state index in [0.717, 1.165) is 0 Å². The average molecular weight is 230 g/mol. The summed E-state index contributed by atoms with van der Waals surface area (Å²) in [6.07, 6.45) is -2.92. The van der Waals surface area contributed by atoms with Crippen LogP contribution in [0.2, 0.25) is 0 Å². The predicted octanol–water partition coefficient (Wildman–Crippen LogP) is 1.63. The molecule has 0 fully saturated rings. The van der Waals surface area contributed by atoms with Crippen LogP contribution in [0.4, 0.5) is 14.6 Å². The number of ether oxygens (including phenoxy) is 1. The van der Waals surface area contributed by atoms with Crippen molar-refractivity contribution in [3.63, 3.8) is 0 Å². The number of rotatable bonds is 3. The van der Waals surface area contributed by atoms with Gasteiger partial charge >= 0.3 is 5.97 Å². The number of aromatic nitrogens is 1. The van der Waals surface area contributed by atoms with Gasteiger partial charge in [-0.05, 0) is 18.6 Å². The minimum Gasteiger partial charge on any atom is -0.469 e. The van der Waals surface area contributed by atoms with Gasteiger partial charge < -0.3 is 10.5 Å². The molecule has 16 heavy (non-hydrogen) atoms. The van der Waals surface area contributed by atoms with Gasteiger partial charge in [0.1, 0.15) is 5.82 Å². The summed E-state index contributed by atoms with van der Waals surface area (Å²) in [7, 11) is 1.20. The molecule has 1 aromatic heterocycles. The summed E-state index contributed by atoms with van der Waals surface area (Å²) in [5.74, 6) is -0.479. The summed E-state index contributed by atoms with van der Waals surface area (Å²) in [6.45, 7) is 1.43. The van der Waals surface area contributed by atoms with Crippen molar-refractivity contribution in [3.05, 3.63) is 22.9 Å². The molecule has 0 aliphatic heterocycles. The van der Waals surface area contributed by atoms with E-state index >= 15 is 0 Å². The first kappa shape index (κ1) is 12.4. The van der Waals surface area contributed by atoms with Crippen LogP contribution in [0.5, 0.6) is 0 Å². The number of nitrogens with two attached hydrogens (primary N) is 1. The lowest BCUT2D eigenvalue weighted by molar-refractivity contribution is -0.139. The number of nitrogen functional groups attached to an aromatic ring is 1. The second-order valence-corrected chi connectivity index (χ2v) is 3.26. The Hall–Kier alpha value is -1.72. The SMILES string of the molecule is COC(=O)Cc1cc(N)nc(C)c1C(F)F. The third kappa shape index (κ3) is 2.65. The van der Waals surface area contributed by atoms with Gasteiger partial charge in [0, 0.05) is 11.3 Å². The van der Waals surface area contributed by atoms with Crippen molar-refractivity contribution in [2.24, 2.45) is 0 Å². The molecule has 0 aliphatic rings. The molecule has 0 amide bonds. The number of esters is 1. The van der Waals surface area contributed by atoms with Crippen molar-refractivity contribution >= 4 is 11.8 Å². The molecule has 0 atom stereocenters. The number of alkyl halides is 2. The van der Waals surface area contributed by atoms with Gasteiger partial charge in [0.2, 0.25) is 0 Å². The number of carbonyl (C=O) groups excluding carboxylic acids is 1.